The van der Waals surface area contributed by atoms with Gasteiger partial charge in [-0.1, -0.05) is 25.5 Å². The lowest BCUT2D eigenvalue weighted by atomic mass is 10.1. The lowest BCUT2D eigenvalue weighted by Crippen LogP contribution is -2.49. The summed E-state index contributed by atoms with van der Waals surface area (Å²) < 4.78 is 51.4. The maximum atomic E-state index is 13.1. The summed E-state index contributed by atoms with van der Waals surface area (Å²) in [6.07, 6.45) is 5.56. The Hall–Kier alpha value is -0.920. The summed E-state index contributed by atoms with van der Waals surface area (Å²) in [5.41, 5.74) is 1.13. The Balaban J connectivity index is 1.86. The molecule has 2 unspecified atom stereocenters. The van der Waals surface area contributed by atoms with Crippen LogP contribution < -0.4 is 0 Å². The molecule has 0 aromatic heterocycles. The number of rotatable bonds is 5. The molecule has 0 spiro atoms. The fourth-order valence-corrected chi connectivity index (χ4v) is 7.10. The van der Waals surface area contributed by atoms with Gasteiger partial charge in [0.1, 0.15) is 9.84 Å². The molecule has 1 aromatic rings. The number of hydrogen-bond donors (Lipinski definition) is 0. The van der Waals surface area contributed by atoms with Crippen LogP contribution >= 0.6 is 0 Å². The van der Waals surface area contributed by atoms with Gasteiger partial charge >= 0.3 is 0 Å². The molecular formula is C17H25NO4S2. The molecule has 0 saturated carbocycles. The number of nitrogens with zero attached hydrogens (tertiary/aromatic N) is 1. The van der Waals surface area contributed by atoms with Gasteiger partial charge < -0.3 is 0 Å². The molecule has 134 valence electrons. The van der Waals surface area contributed by atoms with Crippen LogP contribution in [0.3, 0.4) is 0 Å². The van der Waals surface area contributed by atoms with Crippen LogP contribution in [0.2, 0.25) is 0 Å². The van der Waals surface area contributed by atoms with Crippen molar-refractivity contribution in [2.45, 2.75) is 67.7 Å². The van der Waals surface area contributed by atoms with Crippen LogP contribution in [-0.4, -0.2) is 44.7 Å². The Labute approximate surface area is 145 Å². The summed E-state index contributed by atoms with van der Waals surface area (Å²) in [6, 6.07) is 6.74. The third-order valence-corrected chi connectivity index (χ3v) is 8.88. The molecule has 3 rings (SSSR count). The lowest BCUT2D eigenvalue weighted by Gasteiger charge is -2.37. The predicted octanol–water partition coefficient (Wildman–Crippen LogP) is 2.37. The number of sulfonamides is 1. The first kappa shape index (κ1) is 17.9. The molecule has 0 aliphatic carbocycles. The van der Waals surface area contributed by atoms with Crippen LogP contribution in [0.4, 0.5) is 0 Å². The fourth-order valence-electron chi connectivity index (χ4n) is 4.06. The number of sulfone groups is 1. The molecule has 2 atom stereocenters. The monoisotopic (exact) mass is 371 g/mol. The smallest absolute Gasteiger partial charge is 0.229 e. The average Bonchev–Trinajstić information content (AvgIpc) is 2.79. The zero-order chi connectivity index (χ0) is 17.5. The Bertz CT molecular complexity index is 785. The van der Waals surface area contributed by atoms with Gasteiger partial charge in [0.05, 0.1) is 10.1 Å². The summed E-state index contributed by atoms with van der Waals surface area (Å²) in [5.74, 6) is 0. The van der Waals surface area contributed by atoms with E-state index in [2.05, 4.69) is 6.92 Å². The molecule has 1 aromatic carbocycles. The van der Waals surface area contributed by atoms with Crippen molar-refractivity contribution >= 4 is 19.9 Å². The van der Waals surface area contributed by atoms with Crippen LogP contribution in [0.5, 0.6) is 0 Å². The van der Waals surface area contributed by atoms with E-state index in [0.29, 0.717) is 17.7 Å². The summed E-state index contributed by atoms with van der Waals surface area (Å²) in [7, 11) is -6.68. The van der Waals surface area contributed by atoms with Gasteiger partial charge in [0.2, 0.25) is 10.0 Å². The Morgan fingerprint density at radius 3 is 2.00 bits per heavy atom. The zero-order valence-corrected chi connectivity index (χ0v) is 15.8. The fraction of sp³-hybridized carbons (Fsp3) is 0.647. The quantitative estimate of drug-likeness (QED) is 0.797. The normalized spacial score (nSPS) is 28.2. The largest absolute Gasteiger partial charge is 0.243 e. The summed E-state index contributed by atoms with van der Waals surface area (Å²) in [4.78, 5) is 0.317. The van der Waals surface area contributed by atoms with Crippen LogP contribution in [0.1, 0.15) is 44.6 Å². The maximum Gasteiger partial charge on any atom is 0.243 e. The number of hydrogen-bond acceptors (Lipinski definition) is 4. The SMILES string of the molecule is CCCc1ccc(S(=O)(=O)N2C3CCC2CC(S(C)(=O)=O)C3)cc1. The van der Waals surface area contributed by atoms with Crippen molar-refractivity contribution in [3.63, 3.8) is 0 Å². The predicted molar refractivity (Wildman–Crippen MR) is 94.1 cm³/mol. The second-order valence-electron chi connectivity index (χ2n) is 7.04. The first-order chi connectivity index (χ1) is 11.2. The molecule has 2 heterocycles. The summed E-state index contributed by atoms with van der Waals surface area (Å²) in [5, 5.41) is -0.409. The van der Waals surface area contributed by atoms with Gasteiger partial charge in [0.15, 0.2) is 0 Å². The standard InChI is InChI=1S/C17H25NO4S2/c1-3-4-13-5-9-16(10-6-13)24(21,22)18-14-7-8-15(18)12-17(11-14)23(2,19)20/h5-6,9-10,14-15,17H,3-4,7-8,11-12H2,1-2H3. The third kappa shape index (κ3) is 3.26. The first-order valence-corrected chi connectivity index (χ1v) is 11.9. The minimum absolute atomic E-state index is 0.191. The van der Waals surface area contributed by atoms with Crippen LogP contribution in [0.15, 0.2) is 29.2 Å². The number of aryl methyl sites for hydroxylation is 1. The number of benzene rings is 1. The zero-order valence-electron chi connectivity index (χ0n) is 14.2. The van der Waals surface area contributed by atoms with Crippen molar-refractivity contribution in [1.29, 1.82) is 0 Å². The van der Waals surface area contributed by atoms with E-state index in [-0.39, 0.29) is 12.1 Å². The average molecular weight is 372 g/mol. The van der Waals surface area contributed by atoms with Crippen molar-refractivity contribution in [1.82, 2.24) is 4.31 Å². The molecule has 5 nitrogen and oxygen atoms in total. The van der Waals surface area contributed by atoms with E-state index in [0.717, 1.165) is 31.2 Å². The first-order valence-electron chi connectivity index (χ1n) is 8.55. The van der Waals surface area contributed by atoms with Crippen molar-refractivity contribution in [2.24, 2.45) is 0 Å². The van der Waals surface area contributed by atoms with Gasteiger partial charge in [-0.2, -0.15) is 4.31 Å². The molecule has 2 fully saturated rings. The van der Waals surface area contributed by atoms with Crippen LogP contribution in [-0.2, 0) is 26.3 Å². The summed E-state index contributed by atoms with van der Waals surface area (Å²) in [6.45, 7) is 2.09. The van der Waals surface area contributed by atoms with Crippen LogP contribution in [0, 0.1) is 0 Å². The molecule has 0 radical (unpaired) electrons. The van der Waals surface area contributed by atoms with Gasteiger partial charge in [-0.25, -0.2) is 16.8 Å². The van der Waals surface area contributed by atoms with E-state index in [1.54, 1.807) is 16.4 Å². The van der Waals surface area contributed by atoms with Gasteiger partial charge in [0, 0.05) is 18.3 Å². The minimum atomic E-state index is -3.56. The highest BCUT2D eigenvalue weighted by molar-refractivity contribution is 7.91. The van der Waals surface area contributed by atoms with Gasteiger partial charge in [0.25, 0.3) is 0 Å². The second-order valence-corrected chi connectivity index (χ2v) is 11.2. The molecular weight excluding hydrogens is 346 g/mol. The molecule has 0 N–H and O–H groups in total. The summed E-state index contributed by atoms with van der Waals surface area (Å²) >= 11 is 0. The van der Waals surface area contributed by atoms with Gasteiger partial charge in [-0.15, -0.1) is 0 Å². The van der Waals surface area contributed by atoms with Gasteiger partial charge in [-0.05, 0) is 49.8 Å². The highest BCUT2D eigenvalue weighted by Crippen LogP contribution is 2.41. The second kappa shape index (κ2) is 6.42. The molecule has 2 aliphatic heterocycles. The van der Waals surface area contributed by atoms with E-state index < -0.39 is 25.1 Å². The Morgan fingerprint density at radius 1 is 1.00 bits per heavy atom. The molecule has 2 aliphatic rings. The molecule has 7 heteroatoms. The maximum absolute atomic E-state index is 13.1. The highest BCUT2D eigenvalue weighted by atomic mass is 32.2. The topological polar surface area (TPSA) is 71.5 Å². The van der Waals surface area contributed by atoms with E-state index in [1.165, 1.54) is 6.26 Å². The van der Waals surface area contributed by atoms with Gasteiger partial charge in [-0.3, -0.25) is 0 Å². The van der Waals surface area contributed by atoms with E-state index in [4.69, 9.17) is 0 Å². The third-order valence-electron chi connectivity index (χ3n) is 5.27. The molecule has 0 amide bonds. The Morgan fingerprint density at radius 2 is 1.54 bits per heavy atom. The van der Waals surface area contributed by atoms with E-state index in [9.17, 15) is 16.8 Å². The molecule has 2 saturated heterocycles. The highest BCUT2D eigenvalue weighted by Gasteiger charge is 2.49. The van der Waals surface area contributed by atoms with Crippen LogP contribution in [0.25, 0.3) is 0 Å². The molecule has 2 bridgehead atoms. The number of fused-ring (bicyclic) bond motifs is 2. The van der Waals surface area contributed by atoms with E-state index in [1.807, 2.05) is 12.1 Å². The number of piperidine rings is 1. The van der Waals surface area contributed by atoms with Crippen molar-refractivity contribution in [3.05, 3.63) is 29.8 Å². The van der Waals surface area contributed by atoms with E-state index >= 15 is 0 Å². The van der Waals surface area contributed by atoms with Crippen molar-refractivity contribution in [2.75, 3.05) is 6.26 Å². The van der Waals surface area contributed by atoms with Crippen molar-refractivity contribution < 1.29 is 16.8 Å². The molecule has 24 heavy (non-hydrogen) atoms. The Kier molecular flexibility index (Phi) is 4.79. The lowest BCUT2D eigenvalue weighted by molar-refractivity contribution is 0.249. The van der Waals surface area contributed by atoms with Crippen molar-refractivity contribution in [3.8, 4) is 0 Å². The minimum Gasteiger partial charge on any atom is -0.229 e.